The Hall–Kier alpha value is -0.830. The van der Waals surface area contributed by atoms with Crippen molar-refractivity contribution in [2.45, 2.75) is 25.8 Å². The van der Waals surface area contributed by atoms with Gasteiger partial charge in [0.2, 0.25) is 0 Å². The molecule has 76 valence electrons. The zero-order valence-electron chi connectivity index (χ0n) is 8.56. The largest absolute Gasteiger partial charge is 0.339 e. The predicted molar refractivity (Wildman–Crippen MR) is 58.6 cm³/mol. The maximum absolute atomic E-state index is 11.9. The maximum Gasteiger partial charge on any atom is 0.254 e. The molecule has 0 aromatic carbocycles. The molecule has 2 nitrogen and oxygen atoms in total. The molecule has 1 saturated carbocycles. The Morgan fingerprint density at radius 3 is 2.86 bits per heavy atom. The van der Waals surface area contributed by atoms with E-state index in [-0.39, 0.29) is 5.91 Å². The minimum absolute atomic E-state index is 0.158. The van der Waals surface area contributed by atoms with E-state index in [9.17, 15) is 4.79 Å². The lowest BCUT2D eigenvalue weighted by Gasteiger charge is -2.24. The molecule has 0 aliphatic heterocycles. The highest BCUT2D eigenvalue weighted by atomic mass is 32.1. The molecule has 14 heavy (non-hydrogen) atoms. The van der Waals surface area contributed by atoms with Crippen molar-refractivity contribution in [2.24, 2.45) is 5.92 Å². The van der Waals surface area contributed by atoms with Crippen LogP contribution in [0.2, 0.25) is 0 Å². The zero-order valence-corrected chi connectivity index (χ0v) is 9.38. The number of thiophene rings is 1. The first-order valence-corrected chi connectivity index (χ1v) is 5.94. The molecule has 1 heterocycles. The molecule has 1 aliphatic carbocycles. The first-order chi connectivity index (χ1) is 6.70. The van der Waals surface area contributed by atoms with Gasteiger partial charge in [0.05, 0.1) is 5.56 Å². The summed E-state index contributed by atoms with van der Waals surface area (Å²) in [6.45, 7) is 2.14. The van der Waals surface area contributed by atoms with Crippen molar-refractivity contribution in [1.82, 2.24) is 4.90 Å². The summed E-state index contributed by atoms with van der Waals surface area (Å²) in [6, 6.07) is 2.28. The number of amides is 1. The van der Waals surface area contributed by atoms with Crippen molar-refractivity contribution in [2.75, 3.05) is 7.05 Å². The fraction of sp³-hybridized carbons (Fsp3) is 0.545. The lowest BCUT2D eigenvalue weighted by Crippen LogP contribution is -2.36. The molecular formula is C11H15NOS. The second-order valence-corrected chi connectivity index (χ2v) is 4.79. The summed E-state index contributed by atoms with van der Waals surface area (Å²) in [5.41, 5.74) is 0.824. The molecular weight excluding hydrogens is 194 g/mol. The van der Waals surface area contributed by atoms with E-state index in [1.165, 1.54) is 12.8 Å². The molecule has 1 fully saturated rings. The van der Waals surface area contributed by atoms with E-state index in [0.717, 1.165) is 11.5 Å². The van der Waals surface area contributed by atoms with Crippen LogP contribution in [-0.2, 0) is 0 Å². The molecule has 0 N–H and O–H groups in total. The number of hydrogen-bond donors (Lipinski definition) is 0. The van der Waals surface area contributed by atoms with Crippen molar-refractivity contribution in [3.05, 3.63) is 22.4 Å². The highest BCUT2D eigenvalue weighted by molar-refractivity contribution is 7.08. The molecule has 1 atom stereocenters. The molecule has 2 rings (SSSR count). The SMILES string of the molecule is CC(C1CC1)N(C)C(=O)c1ccsc1. The lowest BCUT2D eigenvalue weighted by molar-refractivity contribution is 0.0728. The van der Waals surface area contributed by atoms with Gasteiger partial charge in [0.25, 0.3) is 5.91 Å². The van der Waals surface area contributed by atoms with Crippen LogP contribution < -0.4 is 0 Å². The van der Waals surface area contributed by atoms with Gasteiger partial charge in [0, 0.05) is 18.5 Å². The number of hydrogen-bond acceptors (Lipinski definition) is 2. The topological polar surface area (TPSA) is 20.3 Å². The van der Waals surface area contributed by atoms with Gasteiger partial charge >= 0.3 is 0 Å². The average Bonchev–Trinajstić information content (AvgIpc) is 2.90. The quantitative estimate of drug-likeness (QED) is 0.749. The van der Waals surface area contributed by atoms with Crippen LogP contribution in [-0.4, -0.2) is 23.9 Å². The second-order valence-electron chi connectivity index (χ2n) is 4.01. The van der Waals surface area contributed by atoms with E-state index < -0.39 is 0 Å². The van der Waals surface area contributed by atoms with Gasteiger partial charge in [-0.3, -0.25) is 4.79 Å². The smallest absolute Gasteiger partial charge is 0.254 e. The summed E-state index contributed by atoms with van der Waals surface area (Å²) in [6.07, 6.45) is 2.56. The Bertz CT molecular complexity index is 316. The van der Waals surface area contributed by atoms with Crippen LogP contribution in [0.1, 0.15) is 30.1 Å². The molecule has 0 spiro atoms. The molecule has 3 heteroatoms. The number of nitrogens with zero attached hydrogens (tertiary/aromatic N) is 1. The fourth-order valence-corrected chi connectivity index (χ4v) is 2.30. The molecule has 0 saturated heterocycles. The van der Waals surface area contributed by atoms with Crippen LogP contribution in [0, 0.1) is 5.92 Å². The van der Waals surface area contributed by atoms with Gasteiger partial charge in [-0.1, -0.05) is 0 Å². The minimum Gasteiger partial charge on any atom is -0.339 e. The van der Waals surface area contributed by atoms with E-state index in [1.54, 1.807) is 11.3 Å². The van der Waals surface area contributed by atoms with Crippen LogP contribution in [0.25, 0.3) is 0 Å². The Labute approximate surface area is 88.5 Å². The minimum atomic E-state index is 0.158. The molecule has 1 aromatic heterocycles. The highest BCUT2D eigenvalue weighted by Crippen LogP contribution is 2.35. The van der Waals surface area contributed by atoms with Gasteiger partial charge in [-0.25, -0.2) is 0 Å². The van der Waals surface area contributed by atoms with Crippen molar-refractivity contribution in [3.8, 4) is 0 Å². The van der Waals surface area contributed by atoms with E-state index in [0.29, 0.717) is 6.04 Å². The zero-order chi connectivity index (χ0) is 10.1. The van der Waals surface area contributed by atoms with Gasteiger partial charge in [0.1, 0.15) is 0 Å². The van der Waals surface area contributed by atoms with Crippen LogP contribution in [0.15, 0.2) is 16.8 Å². The maximum atomic E-state index is 11.9. The van der Waals surface area contributed by atoms with Gasteiger partial charge in [-0.15, -0.1) is 0 Å². The molecule has 0 bridgehead atoms. The standard InChI is InChI=1S/C11H15NOS/c1-8(9-3-4-9)12(2)11(13)10-5-6-14-7-10/h5-9H,3-4H2,1-2H3. The Balaban J connectivity index is 2.03. The van der Waals surface area contributed by atoms with E-state index in [2.05, 4.69) is 6.92 Å². The van der Waals surface area contributed by atoms with E-state index in [4.69, 9.17) is 0 Å². The number of carbonyl (C=O) groups is 1. The van der Waals surface area contributed by atoms with Crippen molar-refractivity contribution < 1.29 is 4.79 Å². The summed E-state index contributed by atoms with van der Waals surface area (Å²) in [4.78, 5) is 13.8. The van der Waals surface area contributed by atoms with Crippen molar-refractivity contribution in [3.63, 3.8) is 0 Å². The summed E-state index contributed by atoms with van der Waals surface area (Å²) in [5.74, 6) is 0.897. The Morgan fingerprint density at radius 2 is 2.36 bits per heavy atom. The van der Waals surface area contributed by atoms with Gasteiger partial charge in [-0.05, 0) is 37.1 Å². The average molecular weight is 209 g/mol. The monoisotopic (exact) mass is 209 g/mol. The first-order valence-electron chi connectivity index (χ1n) is 4.99. The molecule has 1 aliphatic rings. The normalized spacial score (nSPS) is 17.9. The Kier molecular flexibility index (Phi) is 2.59. The third-order valence-corrected chi connectivity index (χ3v) is 3.69. The molecule has 0 radical (unpaired) electrons. The third kappa shape index (κ3) is 1.82. The first kappa shape index (κ1) is 9.71. The van der Waals surface area contributed by atoms with Gasteiger partial charge in [-0.2, -0.15) is 11.3 Å². The molecule has 1 amide bonds. The highest BCUT2D eigenvalue weighted by Gasteiger charge is 2.32. The fourth-order valence-electron chi connectivity index (χ4n) is 1.67. The summed E-state index contributed by atoms with van der Waals surface area (Å²) >= 11 is 1.57. The number of rotatable bonds is 3. The van der Waals surface area contributed by atoms with Crippen LogP contribution >= 0.6 is 11.3 Å². The van der Waals surface area contributed by atoms with Crippen molar-refractivity contribution in [1.29, 1.82) is 0 Å². The summed E-state index contributed by atoms with van der Waals surface area (Å²) < 4.78 is 0. The molecule has 1 aromatic rings. The van der Waals surface area contributed by atoms with Crippen molar-refractivity contribution >= 4 is 17.2 Å². The van der Waals surface area contributed by atoms with E-state index >= 15 is 0 Å². The van der Waals surface area contributed by atoms with E-state index in [1.807, 2.05) is 28.8 Å². The van der Waals surface area contributed by atoms with Crippen LogP contribution in [0.3, 0.4) is 0 Å². The lowest BCUT2D eigenvalue weighted by atomic mass is 10.1. The summed E-state index contributed by atoms with van der Waals surface area (Å²) in [5, 5.41) is 3.86. The van der Waals surface area contributed by atoms with Gasteiger partial charge in [0.15, 0.2) is 0 Å². The van der Waals surface area contributed by atoms with Gasteiger partial charge < -0.3 is 4.90 Å². The molecule has 1 unspecified atom stereocenters. The van der Waals surface area contributed by atoms with Crippen LogP contribution in [0.5, 0.6) is 0 Å². The summed E-state index contributed by atoms with van der Waals surface area (Å²) in [7, 11) is 1.91. The van der Waals surface area contributed by atoms with Crippen LogP contribution in [0.4, 0.5) is 0 Å². The predicted octanol–water partition coefficient (Wildman–Crippen LogP) is 2.62. The third-order valence-electron chi connectivity index (χ3n) is 3.00. The Morgan fingerprint density at radius 1 is 1.64 bits per heavy atom. The number of carbonyl (C=O) groups excluding carboxylic acids is 1. The second kappa shape index (κ2) is 3.73.